The molecule has 17 heavy (non-hydrogen) atoms. The van der Waals surface area contributed by atoms with Crippen LogP contribution in [0.25, 0.3) is 0 Å². The molecule has 0 aliphatic carbocycles. The van der Waals surface area contributed by atoms with Crippen molar-refractivity contribution in [2.24, 2.45) is 0 Å². The molecule has 1 aliphatic rings. The first-order chi connectivity index (χ1) is 8.02. The molecule has 0 aromatic heterocycles. The first kappa shape index (κ1) is 14.6. The van der Waals surface area contributed by atoms with Crippen molar-refractivity contribution in [3.63, 3.8) is 0 Å². The highest BCUT2D eigenvalue weighted by molar-refractivity contribution is 6.60. The number of hydrogen-bond donors (Lipinski definition) is 0. The Kier molecular flexibility index (Phi) is 5.08. The maximum absolute atomic E-state index is 11.4. The van der Waals surface area contributed by atoms with E-state index in [1.54, 1.807) is 28.3 Å². The number of epoxide rings is 1. The zero-order valence-electron chi connectivity index (χ0n) is 10.8. The highest BCUT2D eigenvalue weighted by atomic mass is 28.4. The minimum Gasteiger partial charge on any atom is -0.464 e. The molecule has 0 bridgehead atoms. The van der Waals surface area contributed by atoms with Crippen LogP contribution in [0.3, 0.4) is 0 Å². The molecule has 6 nitrogen and oxygen atoms in total. The summed E-state index contributed by atoms with van der Waals surface area (Å²) < 4.78 is 25.8. The van der Waals surface area contributed by atoms with Gasteiger partial charge < -0.3 is 22.8 Å². The minimum absolute atomic E-state index is 0.308. The van der Waals surface area contributed by atoms with Crippen molar-refractivity contribution in [3.8, 4) is 0 Å². The summed E-state index contributed by atoms with van der Waals surface area (Å²) in [5, 5.41) is 0. The molecule has 1 aliphatic heterocycles. The van der Waals surface area contributed by atoms with Crippen LogP contribution in [0.2, 0.25) is 6.04 Å². The summed E-state index contributed by atoms with van der Waals surface area (Å²) in [4.78, 5) is 11.4. The van der Waals surface area contributed by atoms with Crippen molar-refractivity contribution >= 4 is 14.8 Å². The Morgan fingerprint density at radius 1 is 1.29 bits per heavy atom. The standard InChI is InChI=1S/C10H20O6Si/c1-10(8-16-10)9(11)15-6-5-7-17(12-2,13-3)14-4/h5-8H2,1-4H3. The van der Waals surface area contributed by atoms with Gasteiger partial charge in [0.05, 0.1) is 13.2 Å². The largest absolute Gasteiger partial charge is 0.500 e. The molecule has 1 fully saturated rings. The van der Waals surface area contributed by atoms with Crippen LogP contribution in [-0.4, -0.2) is 54.9 Å². The van der Waals surface area contributed by atoms with Crippen molar-refractivity contribution in [1.82, 2.24) is 0 Å². The molecule has 1 rings (SSSR count). The van der Waals surface area contributed by atoms with Gasteiger partial charge in [0.15, 0.2) is 5.60 Å². The van der Waals surface area contributed by atoms with Crippen molar-refractivity contribution in [3.05, 3.63) is 0 Å². The predicted octanol–water partition coefficient (Wildman–Crippen LogP) is 0.587. The van der Waals surface area contributed by atoms with Crippen molar-refractivity contribution in [2.45, 2.75) is 25.0 Å². The van der Waals surface area contributed by atoms with Crippen molar-refractivity contribution in [2.75, 3.05) is 34.5 Å². The summed E-state index contributed by atoms with van der Waals surface area (Å²) in [5.41, 5.74) is -0.710. The van der Waals surface area contributed by atoms with Gasteiger partial charge in [-0.25, -0.2) is 4.79 Å². The van der Waals surface area contributed by atoms with Gasteiger partial charge in [0.1, 0.15) is 0 Å². The number of ether oxygens (including phenoxy) is 2. The molecule has 0 amide bonds. The minimum atomic E-state index is -2.54. The average molecular weight is 264 g/mol. The SMILES string of the molecule is CO[Si](CCCOC(=O)C1(C)CO1)(OC)OC. The van der Waals surface area contributed by atoms with E-state index in [0.717, 1.165) is 0 Å². The van der Waals surface area contributed by atoms with Gasteiger partial charge in [0.25, 0.3) is 0 Å². The van der Waals surface area contributed by atoms with Gasteiger partial charge in [-0.3, -0.25) is 0 Å². The lowest BCUT2D eigenvalue weighted by Crippen LogP contribution is -2.42. The van der Waals surface area contributed by atoms with E-state index in [2.05, 4.69) is 0 Å². The molecule has 0 aromatic carbocycles. The predicted molar refractivity (Wildman–Crippen MR) is 61.5 cm³/mol. The monoisotopic (exact) mass is 264 g/mol. The molecule has 7 heteroatoms. The van der Waals surface area contributed by atoms with E-state index in [4.69, 9.17) is 22.8 Å². The molecule has 0 radical (unpaired) electrons. The number of rotatable bonds is 8. The van der Waals surface area contributed by atoms with Crippen LogP contribution >= 0.6 is 0 Å². The smallest absolute Gasteiger partial charge is 0.464 e. The molecule has 0 aromatic rings. The molecule has 1 heterocycles. The van der Waals surface area contributed by atoms with E-state index >= 15 is 0 Å². The number of hydrogen-bond acceptors (Lipinski definition) is 6. The summed E-state index contributed by atoms with van der Waals surface area (Å²) in [6.45, 7) is 2.48. The molecule has 1 saturated heterocycles. The Morgan fingerprint density at radius 2 is 1.82 bits per heavy atom. The Balaban J connectivity index is 2.20. The van der Waals surface area contributed by atoms with Gasteiger partial charge >= 0.3 is 14.8 Å². The maximum atomic E-state index is 11.4. The van der Waals surface area contributed by atoms with E-state index < -0.39 is 14.4 Å². The molecule has 100 valence electrons. The van der Waals surface area contributed by atoms with Gasteiger partial charge in [0, 0.05) is 27.4 Å². The third-order valence-electron chi connectivity index (χ3n) is 2.80. The van der Waals surface area contributed by atoms with Crippen LogP contribution in [0.4, 0.5) is 0 Å². The van der Waals surface area contributed by atoms with Crippen LogP contribution in [-0.2, 0) is 27.5 Å². The molecule has 0 saturated carbocycles. The summed E-state index contributed by atoms with van der Waals surface area (Å²) in [6.07, 6.45) is 0.642. The first-order valence-corrected chi connectivity index (χ1v) is 7.42. The van der Waals surface area contributed by atoms with Crippen LogP contribution in [0.5, 0.6) is 0 Å². The zero-order valence-corrected chi connectivity index (χ0v) is 11.8. The van der Waals surface area contributed by atoms with Gasteiger partial charge in [-0.1, -0.05) is 0 Å². The Bertz CT molecular complexity index is 253. The lowest BCUT2D eigenvalue weighted by Gasteiger charge is -2.24. The van der Waals surface area contributed by atoms with Crippen molar-refractivity contribution < 1.29 is 27.5 Å². The highest BCUT2D eigenvalue weighted by Crippen LogP contribution is 2.27. The molecule has 0 spiro atoms. The molecular formula is C10H20O6Si. The first-order valence-electron chi connectivity index (χ1n) is 5.48. The molecule has 0 N–H and O–H groups in total. The number of esters is 1. The fraction of sp³-hybridized carbons (Fsp3) is 0.900. The second kappa shape index (κ2) is 5.92. The molecular weight excluding hydrogens is 244 g/mol. The second-order valence-corrected chi connectivity index (χ2v) is 7.15. The van der Waals surface area contributed by atoms with E-state index in [-0.39, 0.29) is 5.97 Å². The average Bonchev–Trinajstić information content (AvgIpc) is 3.10. The number of carbonyl (C=O) groups is 1. The summed E-state index contributed by atoms with van der Waals surface area (Å²) >= 11 is 0. The summed E-state index contributed by atoms with van der Waals surface area (Å²) in [5.74, 6) is -0.308. The Labute approximate surface area is 102 Å². The highest BCUT2D eigenvalue weighted by Gasteiger charge is 2.49. The molecule has 1 unspecified atom stereocenters. The van der Waals surface area contributed by atoms with Crippen LogP contribution < -0.4 is 0 Å². The fourth-order valence-corrected chi connectivity index (χ4v) is 3.08. The van der Waals surface area contributed by atoms with E-state index in [0.29, 0.717) is 25.7 Å². The van der Waals surface area contributed by atoms with E-state index in [9.17, 15) is 4.79 Å². The lowest BCUT2D eigenvalue weighted by molar-refractivity contribution is -0.149. The third kappa shape index (κ3) is 3.75. The van der Waals surface area contributed by atoms with Crippen molar-refractivity contribution in [1.29, 1.82) is 0 Å². The summed E-state index contributed by atoms with van der Waals surface area (Å²) in [6, 6.07) is 0.612. The summed E-state index contributed by atoms with van der Waals surface area (Å²) in [7, 11) is 2.14. The van der Waals surface area contributed by atoms with Crippen LogP contribution in [0, 0.1) is 0 Å². The fourth-order valence-electron chi connectivity index (χ4n) is 1.39. The second-order valence-electron chi connectivity index (χ2n) is 4.05. The molecule has 1 atom stereocenters. The number of carbonyl (C=O) groups excluding carboxylic acids is 1. The van der Waals surface area contributed by atoms with Crippen LogP contribution in [0.1, 0.15) is 13.3 Å². The Morgan fingerprint density at radius 3 is 2.24 bits per heavy atom. The lowest BCUT2D eigenvalue weighted by atomic mass is 10.2. The van der Waals surface area contributed by atoms with Gasteiger partial charge in [-0.2, -0.15) is 0 Å². The van der Waals surface area contributed by atoms with Gasteiger partial charge in [0.2, 0.25) is 0 Å². The van der Waals surface area contributed by atoms with Gasteiger partial charge in [-0.05, 0) is 13.3 Å². The zero-order chi connectivity index (χ0) is 12.9. The topological polar surface area (TPSA) is 66.5 Å². The van der Waals surface area contributed by atoms with Gasteiger partial charge in [-0.15, -0.1) is 0 Å². The normalized spacial score (nSPS) is 23.5. The van der Waals surface area contributed by atoms with Crippen LogP contribution in [0.15, 0.2) is 0 Å². The maximum Gasteiger partial charge on any atom is 0.500 e. The van der Waals surface area contributed by atoms with E-state index in [1.165, 1.54) is 0 Å². The Hall–Kier alpha value is -0.473. The van der Waals surface area contributed by atoms with E-state index in [1.807, 2.05) is 0 Å². The third-order valence-corrected chi connectivity index (χ3v) is 5.63. The quantitative estimate of drug-likeness (QED) is 0.277.